The minimum atomic E-state index is 0. The molecule has 1 fully saturated rings. The van der Waals surface area contributed by atoms with E-state index in [-0.39, 0.29) is 24.0 Å². The number of nitrogens with zero attached hydrogens (tertiary/aromatic N) is 4. The van der Waals surface area contributed by atoms with E-state index < -0.39 is 0 Å². The number of morpholine rings is 1. The Kier molecular flexibility index (Phi) is 9.97. The Morgan fingerprint density at radius 1 is 1.16 bits per heavy atom. The molecule has 3 aromatic rings. The lowest BCUT2D eigenvalue weighted by Crippen LogP contribution is -2.46. The van der Waals surface area contributed by atoms with Crippen LogP contribution in [0, 0.1) is 0 Å². The van der Waals surface area contributed by atoms with Crippen LogP contribution in [0.4, 0.5) is 0 Å². The zero-order chi connectivity index (χ0) is 21.3. The predicted octanol–water partition coefficient (Wildman–Crippen LogP) is 3.35. The molecule has 0 amide bonds. The molecule has 7 nitrogen and oxygen atoms in total. The molecule has 32 heavy (non-hydrogen) atoms. The lowest BCUT2D eigenvalue weighted by atomic mass is 10.1. The van der Waals surface area contributed by atoms with Crippen molar-refractivity contribution in [2.75, 3.05) is 39.9 Å². The quantitative estimate of drug-likeness (QED) is 0.249. The first kappa shape index (κ1) is 24.7. The van der Waals surface area contributed by atoms with Crippen molar-refractivity contribution in [3.05, 3.63) is 76.5 Å². The fraction of sp³-hybridized carbons (Fsp3) is 0.391. The van der Waals surface area contributed by atoms with E-state index in [0.717, 1.165) is 51.9 Å². The molecule has 0 saturated carbocycles. The van der Waals surface area contributed by atoms with Gasteiger partial charge in [0.15, 0.2) is 5.96 Å². The highest BCUT2D eigenvalue weighted by atomic mass is 127. The molecule has 172 valence electrons. The van der Waals surface area contributed by atoms with Crippen molar-refractivity contribution in [3.63, 3.8) is 0 Å². The molecule has 1 aromatic carbocycles. The van der Waals surface area contributed by atoms with Gasteiger partial charge in [0, 0.05) is 57.0 Å². The summed E-state index contributed by atoms with van der Waals surface area (Å²) in [7, 11) is 1.82. The highest BCUT2D eigenvalue weighted by Crippen LogP contribution is 2.25. The maximum atomic E-state index is 5.54. The summed E-state index contributed by atoms with van der Waals surface area (Å²) in [6.07, 6.45) is 5.62. The first-order valence-electron chi connectivity index (χ1n) is 10.6. The van der Waals surface area contributed by atoms with Crippen LogP contribution in [0.2, 0.25) is 0 Å². The summed E-state index contributed by atoms with van der Waals surface area (Å²) in [6, 6.07) is 13.3. The summed E-state index contributed by atoms with van der Waals surface area (Å²) < 4.78 is 7.61. The molecular formula is C23H31IN6OS. The minimum Gasteiger partial charge on any atom is -0.379 e. The molecule has 4 rings (SSSR count). The second-order valence-electron chi connectivity index (χ2n) is 7.54. The van der Waals surface area contributed by atoms with Crippen molar-refractivity contribution in [1.29, 1.82) is 0 Å². The van der Waals surface area contributed by atoms with Crippen molar-refractivity contribution in [2.45, 2.75) is 19.1 Å². The van der Waals surface area contributed by atoms with Gasteiger partial charge in [-0.2, -0.15) is 0 Å². The van der Waals surface area contributed by atoms with Crippen molar-refractivity contribution in [3.8, 4) is 0 Å². The van der Waals surface area contributed by atoms with E-state index in [4.69, 9.17) is 4.74 Å². The van der Waals surface area contributed by atoms with E-state index in [2.05, 4.69) is 71.9 Å². The van der Waals surface area contributed by atoms with Gasteiger partial charge in [-0.1, -0.05) is 30.3 Å². The number of hydrogen-bond donors (Lipinski definition) is 2. The highest BCUT2D eigenvalue weighted by Gasteiger charge is 2.23. The first-order chi connectivity index (χ1) is 15.3. The van der Waals surface area contributed by atoms with Gasteiger partial charge >= 0.3 is 0 Å². The van der Waals surface area contributed by atoms with E-state index in [0.29, 0.717) is 6.04 Å². The summed E-state index contributed by atoms with van der Waals surface area (Å²) in [5.41, 5.74) is 2.48. The monoisotopic (exact) mass is 566 g/mol. The third kappa shape index (κ3) is 7.03. The number of benzene rings is 1. The minimum absolute atomic E-state index is 0. The number of nitrogens with one attached hydrogen (secondary N) is 2. The number of aliphatic imine (C=N–C) groups is 1. The summed E-state index contributed by atoms with van der Waals surface area (Å²) in [5.74, 6) is 0.817. The molecule has 0 aliphatic carbocycles. The molecule has 1 saturated heterocycles. The molecule has 3 heterocycles. The van der Waals surface area contributed by atoms with Gasteiger partial charge in [-0.3, -0.25) is 9.89 Å². The van der Waals surface area contributed by atoms with Crippen LogP contribution in [0.5, 0.6) is 0 Å². The van der Waals surface area contributed by atoms with Crippen LogP contribution in [0.15, 0.2) is 65.5 Å². The Balaban J connectivity index is 0.00000289. The number of aromatic nitrogens is 2. The summed E-state index contributed by atoms with van der Waals surface area (Å²) in [5, 5.41) is 9.10. The van der Waals surface area contributed by atoms with Crippen molar-refractivity contribution in [1.82, 2.24) is 25.1 Å². The van der Waals surface area contributed by atoms with E-state index in [1.807, 2.05) is 30.9 Å². The van der Waals surface area contributed by atoms with Crippen LogP contribution in [0.1, 0.15) is 22.0 Å². The van der Waals surface area contributed by atoms with Crippen molar-refractivity contribution >= 4 is 41.3 Å². The molecule has 2 aromatic heterocycles. The lowest BCUT2D eigenvalue weighted by Gasteiger charge is -2.34. The third-order valence-corrected chi connectivity index (χ3v) is 6.43. The molecule has 2 N–H and O–H groups in total. The molecule has 1 unspecified atom stereocenters. The van der Waals surface area contributed by atoms with Gasteiger partial charge in [0.25, 0.3) is 0 Å². The average molecular weight is 567 g/mol. The predicted molar refractivity (Wildman–Crippen MR) is 141 cm³/mol. The van der Waals surface area contributed by atoms with Gasteiger partial charge < -0.3 is 19.9 Å². The molecule has 0 radical (unpaired) electrons. The number of guanidine groups is 1. The second kappa shape index (κ2) is 12.9. The molecule has 1 atom stereocenters. The van der Waals surface area contributed by atoms with Crippen LogP contribution in [0.25, 0.3) is 0 Å². The van der Waals surface area contributed by atoms with E-state index >= 15 is 0 Å². The van der Waals surface area contributed by atoms with Crippen LogP contribution in [-0.2, 0) is 17.8 Å². The van der Waals surface area contributed by atoms with Gasteiger partial charge in [0.1, 0.15) is 0 Å². The van der Waals surface area contributed by atoms with Crippen LogP contribution in [-0.4, -0.2) is 60.3 Å². The van der Waals surface area contributed by atoms with Crippen LogP contribution >= 0.6 is 35.3 Å². The lowest BCUT2D eigenvalue weighted by molar-refractivity contribution is 0.0177. The molecule has 1 aliphatic heterocycles. The largest absolute Gasteiger partial charge is 0.379 e. The zero-order valence-electron chi connectivity index (χ0n) is 18.3. The van der Waals surface area contributed by atoms with Crippen molar-refractivity contribution < 1.29 is 4.74 Å². The number of ether oxygens (including phenoxy) is 1. The molecule has 0 spiro atoms. The SMILES string of the molecule is CN=C(NCc1ccc(Cn2ccnc2)cc1)NCC(c1cccs1)N1CCOCC1.I. The van der Waals surface area contributed by atoms with E-state index in [1.165, 1.54) is 16.0 Å². The van der Waals surface area contributed by atoms with E-state index in [1.54, 1.807) is 6.20 Å². The number of thiophene rings is 1. The summed E-state index contributed by atoms with van der Waals surface area (Å²) in [4.78, 5) is 12.4. The molecule has 0 bridgehead atoms. The van der Waals surface area contributed by atoms with Gasteiger partial charge in [-0.05, 0) is 22.6 Å². The fourth-order valence-electron chi connectivity index (χ4n) is 3.73. The Morgan fingerprint density at radius 3 is 2.59 bits per heavy atom. The van der Waals surface area contributed by atoms with E-state index in [9.17, 15) is 0 Å². The molecule has 9 heteroatoms. The number of rotatable bonds is 8. The Morgan fingerprint density at radius 2 is 1.94 bits per heavy atom. The Hall–Kier alpha value is -1.95. The van der Waals surface area contributed by atoms with Crippen LogP contribution < -0.4 is 10.6 Å². The van der Waals surface area contributed by atoms with Gasteiger partial charge in [0.2, 0.25) is 0 Å². The first-order valence-corrected chi connectivity index (χ1v) is 11.5. The third-order valence-electron chi connectivity index (χ3n) is 5.45. The topological polar surface area (TPSA) is 66.7 Å². The normalized spacial score (nSPS) is 15.7. The Labute approximate surface area is 210 Å². The van der Waals surface area contributed by atoms with Crippen molar-refractivity contribution in [2.24, 2.45) is 4.99 Å². The fourth-order valence-corrected chi connectivity index (χ4v) is 4.59. The van der Waals surface area contributed by atoms with Crippen LogP contribution in [0.3, 0.4) is 0 Å². The summed E-state index contributed by atoms with van der Waals surface area (Å²) in [6.45, 7) is 5.89. The smallest absolute Gasteiger partial charge is 0.191 e. The number of imidazole rings is 1. The standard InChI is InChI=1S/C23H30N6OS.HI/c1-24-23(26-15-19-4-6-20(7-5-19)17-28-9-8-25-18-28)27-16-21(22-3-2-14-31-22)29-10-12-30-13-11-29;/h2-9,14,18,21H,10-13,15-17H2,1H3,(H2,24,26,27);1H. The summed E-state index contributed by atoms with van der Waals surface area (Å²) >= 11 is 1.81. The van der Waals surface area contributed by atoms with Gasteiger partial charge in [-0.15, -0.1) is 35.3 Å². The van der Waals surface area contributed by atoms with Gasteiger partial charge in [-0.25, -0.2) is 4.98 Å². The zero-order valence-corrected chi connectivity index (χ0v) is 21.5. The highest BCUT2D eigenvalue weighted by molar-refractivity contribution is 14.0. The number of halogens is 1. The Bertz CT molecular complexity index is 924. The number of hydrogen-bond acceptors (Lipinski definition) is 5. The maximum absolute atomic E-state index is 5.54. The average Bonchev–Trinajstić information content (AvgIpc) is 3.52. The maximum Gasteiger partial charge on any atom is 0.191 e. The second-order valence-corrected chi connectivity index (χ2v) is 8.52. The molecule has 1 aliphatic rings. The van der Waals surface area contributed by atoms with Gasteiger partial charge in [0.05, 0.1) is 25.6 Å². The molecular weight excluding hydrogens is 535 g/mol.